The SMILES string of the molecule is C[C@@H]1C2c3ccccc3C(c3ccccc32)[C@H]1C(=O)Nc1ccccc1Cl. The van der Waals surface area contributed by atoms with Crippen LogP contribution in [0.3, 0.4) is 0 Å². The van der Waals surface area contributed by atoms with Gasteiger partial charge in [0, 0.05) is 11.8 Å². The first-order valence-corrected chi connectivity index (χ1v) is 9.77. The summed E-state index contributed by atoms with van der Waals surface area (Å²) in [6.07, 6.45) is 0. The van der Waals surface area contributed by atoms with Gasteiger partial charge in [-0.2, -0.15) is 0 Å². The van der Waals surface area contributed by atoms with E-state index in [1.807, 2.05) is 18.2 Å². The Labute approximate surface area is 164 Å². The van der Waals surface area contributed by atoms with E-state index in [1.165, 1.54) is 22.3 Å². The van der Waals surface area contributed by atoms with Gasteiger partial charge in [0.05, 0.1) is 16.6 Å². The summed E-state index contributed by atoms with van der Waals surface area (Å²) in [5.41, 5.74) is 6.00. The van der Waals surface area contributed by atoms with Gasteiger partial charge in [0.2, 0.25) is 5.91 Å². The van der Waals surface area contributed by atoms with E-state index < -0.39 is 0 Å². The van der Waals surface area contributed by atoms with Crippen molar-refractivity contribution >= 4 is 23.2 Å². The molecule has 134 valence electrons. The molecule has 2 nitrogen and oxygen atoms in total. The van der Waals surface area contributed by atoms with Crippen LogP contribution in [0, 0.1) is 11.8 Å². The molecule has 0 aliphatic heterocycles. The highest BCUT2D eigenvalue weighted by atomic mass is 35.5. The molecule has 2 atom stereocenters. The fourth-order valence-corrected chi connectivity index (χ4v) is 5.31. The zero-order valence-electron chi connectivity index (χ0n) is 15.0. The lowest BCUT2D eigenvalue weighted by Crippen LogP contribution is -2.44. The van der Waals surface area contributed by atoms with Crippen LogP contribution >= 0.6 is 11.6 Å². The van der Waals surface area contributed by atoms with Gasteiger partial charge in [0.1, 0.15) is 0 Å². The summed E-state index contributed by atoms with van der Waals surface area (Å²) in [5, 5.41) is 3.66. The molecule has 0 fully saturated rings. The molecule has 3 aromatic carbocycles. The smallest absolute Gasteiger partial charge is 0.228 e. The second-order valence-electron chi connectivity index (χ2n) is 7.57. The first-order valence-electron chi connectivity index (χ1n) is 9.40. The lowest BCUT2D eigenvalue weighted by atomic mass is 9.54. The van der Waals surface area contributed by atoms with Crippen LogP contribution in [-0.4, -0.2) is 5.91 Å². The number of nitrogens with one attached hydrogen (secondary N) is 1. The van der Waals surface area contributed by atoms with E-state index in [1.54, 1.807) is 6.07 Å². The molecule has 3 aliphatic rings. The molecular weight excluding hydrogens is 354 g/mol. The number of halogens is 1. The molecule has 3 heteroatoms. The van der Waals surface area contributed by atoms with Crippen LogP contribution in [0.4, 0.5) is 5.69 Å². The Kier molecular flexibility index (Phi) is 3.84. The summed E-state index contributed by atoms with van der Waals surface area (Å²) in [5.74, 6) is 0.497. The zero-order valence-corrected chi connectivity index (χ0v) is 15.8. The van der Waals surface area contributed by atoms with Crippen molar-refractivity contribution < 1.29 is 4.79 Å². The number of rotatable bonds is 2. The van der Waals surface area contributed by atoms with Gasteiger partial charge in [-0.05, 0) is 40.3 Å². The van der Waals surface area contributed by atoms with Gasteiger partial charge in [-0.15, -0.1) is 0 Å². The predicted molar refractivity (Wildman–Crippen MR) is 109 cm³/mol. The third kappa shape index (κ3) is 2.44. The fraction of sp³-hybridized carbons (Fsp3) is 0.208. The Balaban J connectivity index is 1.61. The molecular formula is C24H20ClNO. The molecule has 0 spiro atoms. The third-order valence-electron chi connectivity index (χ3n) is 6.22. The molecule has 2 bridgehead atoms. The van der Waals surface area contributed by atoms with Gasteiger partial charge in [-0.25, -0.2) is 0 Å². The van der Waals surface area contributed by atoms with Gasteiger partial charge in [0.15, 0.2) is 0 Å². The molecule has 1 amide bonds. The van der Waals surface area contributed by atoms with Crippen LogP contribution in [0.2, 0.25) is 5.02 Å². The van der Waals surface area contributed by atoms with Gasteiger partial charge in [-0.1, -0.05) is 79.2 Å². The zero-order chi connectivity index (χ0) is 18.5. The summed E-state index contributed by atoms with van der Waals surface area (Å²) in [6.45, 7) is 2.21. The van der Waals surface area contributed by atoms with E-state index >= 15 is 0 Å². The Morgan fingerprint density at radius 1 is 0.778 bits per heavy atom. The van der Waals surface area contributed by atoms with Crippen molar-refractivity contribution in [2.24, 2.45) is 11.8 Å². The molecule has 1 N–H and O–H groups in total. The third-order valence-corrected chi connectivity index (χ3v) is 6.55. The first-order chi connectivity index (χ1) is 13.2. The van der Waals surface area contributed by atoms with Gasteiger partial charge in [0.25, 0.3) is 0 Å². The van der Waals surface area contributed by atoms with E-state index in [4.69, 9.17) is 11.6 Å². The number of carbonyl (C=O) groups excluding carboxylic acids is 1. The van der Waals surface area contributed by atoms with Crippen molar-refractivity contribution in [2.45, 2.75) is 18.8 Å². The molecule has 6 rings (SSSR count). The molecule has 27 heavy (non-hydrogen) atoms. The molecule has 0 aromatic heterocycles. The van der Waals surface area contributed by atoms with Gasteiger partial charge < -0.3 is 5.32 Å². The Bertz CT molecular complexity index is 996. The van der Waals surface area contributed by atoms with Crippen molar-refractivity contribution in [1.29, 1.82) is 0 Å². The molecule has 0 unspecified atom stereocenters. The molecule has 3 aliphatic carbocycles. The van der Waals surface area contributed by atoms with E-state index in [0.717, 1.165) is 0 Å². The number of anilines is 1. The maximum absolute atomic E-state index is 13.4. The number of benzene rings is 3. The highest BCUT2D eigenvalue weighted by molar-refractivity contribution is 6.33. The van der Waals surface area contributed by atoms with Crippen molar-refractivity contribution in [3.8, 4) is 0 Å². The average Bonchev–Trinajstić information content (AvgIpc) is 2.69. The largest absolute Gasteiger partial charge is 0.324 e. The minimum Gasteiger partial charge on any atom is -0.324 e. The summed E-state index contributed by atoms with van der Waals surface area (Å²) < 4.78 is 0. The maximum atomic E-state index is 13.4. The summed E-state index contributed by atoms with van der Waals surface area (Å²) in [4.78, 5) is 13.4. The Hall–Kier alpha value is -2.58. The van der Waals surface area contributed by atoms with E-state index in [0.29, 0.717) is 10.7 Å². The van der Waals surface area contributed by atoms with Crippen molar-refractivity contribution in [1.82, 2.24) is 0 Å². The monoisotopic (exact) mass is 373 g/mol. The number of amides is 1. The van der Waals surface area contributed by atoms with Crippen LogP contribution in [-0.2, 0) is 4.79 Å². The predicted octanol–water partition coefficient (Wildman–Crippen LogP) is 5.82. The number of fused-ring (bicyclic) bond motifs is 1. The lowest BCUT2D eigenvalue weighted by Gasteiger charge is -2.49. The molecule has 0 radical (unpaired) electrons. The summed E-state index contributed by atoms with van der Waals surface area (Å²) >= 11 is 6.27. The standard InChI is InChI=1S/C24H20ClNO/c1-14-21-15-8-2-4-10-17(15)23(18-11-5-3-9-16(18)21)22(14)24(27)26-20-13-7-6-12-19(20)25/h2-14,21-23H,1H3,(H,26,27)/t14-,21?,22+,23?/m1/s1. The fourth-order valence-electron chi connectivity index (χ4n) is 5.12. The highest BCUT2D eigenvalue weighted by Crippen LogP contribution is 2.58. The van der Waals surface area contributed by atoms with E-state index in [2.05, 4.69) is 60.8 Å². The quantitative estimate of drug-likeness (QED) is 0.602. The average molecular weight is 374 g/mol. The summed E-state index contributed by atoms with van der Waals surface area (Å²) in [6, 6.07) is 24.6. The number of hydrogen-bond acceptors (Lipinski definition) is 1. The van der Waals surface area contributed by atoms with Crippen molar-refractivity contribution in [2.75, 3.05) is 5.32 Å². The minimum absolute atomic E-state index is 0.0506. The second kappa shape index (κ2) is 6.24. The van der Waals surface area contributed by atoms with Crippen LogP contribution < -0.4 is 5.32 Å². The first kappa shape index (κ1) is 16.6. The number of para-hydroxylation sites is 1. The van der Waals surface area contributed by atoms with Gasteiger partial charge in [-0.3, -0.25) is 4.79 Å². The highest BCUT2D eigenvalue weighted by Gasteiger charge is 2.50. The molecule has 0 saturated heterocycles. The van der Waals surface area contributed by atoms with Crippen molar-refractivity contribution in [3.05, 3.63) is 100 Å². The number of carbonyl (C=O) groups is 1. The molecule has 0 heterocycles. The molecule has 3 aromatic rings. The van der Waals surface area contributed by atoms with Crippen molar-refractivity contribution in [3.63, 3.8) is 0 Å². The van der Waals surface area contributed by atoms with Crippen LogP contribution in [0.1, 0.15) is 41.0 Å². The maximum Gasteiger partial charge on any atom is 0.228 e. The van der Waals surface area contributed by atoms with Crippen LogP contribution in [0.25, 0.3) is 0 Å². The Morgan fingerprint density at radius 2 is 1.26 bits per heavy atom. The van der Waals surface area contributed by atoms with Crippen LogP contribution in [0.5, 0.6) is 0 Å². The number of hydrogen-bond donors (Lipinski definition) is 1. The Morgan fingerprint density at radius 3 is 1.81 bits per heavy atom. The van der Waals surface area contributed by atoms with Gasteiger partial charge >= 0.3 is 0 Å². The summed E-state index contributed by atoms with van der Waals surface area (Å²) in [7, 11) is 0. The normalized spacial score (nSPS) is 24.8. The lowest BCUT2D eigenvalue weighted by molar-refractivity contribution is -0.122. The molecule has 0 saturated carbocycles. The van der Waals surface area contributed by atoms with E-state index in [9.17, 15) is 4.79 Å². The van der Waals surface area contributed by atoms with E-state index in [-0.39, 0.29) is 29.6 Å². The second-order valence-corrected chi connectivity index (χ2v) is 7.97. The topological polar surface area (TPSA) is 29.1 Å². The van der Waals surface area contributed by atoms with Crippen LogP contribution in [0.15, 0.2) is 72.8 Å². The minimum atomic E-state index is -0.115.